The number of aliphatic hydroxyl groups excluding tert-OH is 1. The van der Waals surface area contributed by atoms with E-state index < -0.39 is 24.3 Å². The average molecular weight is 338 g/mol. The van der Waals surface area contributed by atoms with Gasteiger partial charge in [-0.1, -0.05) is 23.7 Å². The zero-order valence-corrected chi connectivity index (χ0v) is 12.6. The Bertz CT molecular complexity index is 719. The summed E-state index contributed by atoms with van der Waals surface area (Å²) in [5.74, 6) is -1.84. The maximum absolute atomic E-state index is 13.0. The van der Waals surface area contributed by atoms with Crippen LogP contribution in [0.25, 0.3) is 0 Å². The van der Waals surface area contributed by atoms with Crippen LogP contribution in [0.1, 0.15) is 15.9 Å². The van der Waals surface area contributed by atoms with Crippen molar-refractivity contribution in [1.29, 1.82) is 0 Å². The zero-order valence-electron chi connectivity index (χ0n) is 11.9. The molecule has 5 nitrogen and oxygen atoms in total. The molecule has 0 spiro atoms. The van der Waals surface area contributed by atoms with Gasteiger partial charge in [0.2, 0.25) is 0 Å². The van der Waals surface area contributed by atoms with E-state index in [0.29, 0.717) is 11.3 Å². The summed E-state index contributed by atoms with van der Waals surface area (Å²) in [6, 6.07) is 9.86. The number of anilines is 1. The van der Waals surface area contributed by atoms with E-state index >= 15 is 0 Å². The van der Waals surface area contributed by atoms with Gasteiger partial charge in [-0.25, -0.2) is 9.18 Å². The number of carbonyl (C=O) groups excluding carboxylic acids is 2. The van der Waals surface area contributed by atoms with Crippen LogP contribution in [0.5, 0.6) is 0 Å². The Hall–Kier alpha value is -2.44. The fourth-order valence-electron chi connectivity index (χ4n) is 1.73. The molecule has 7 heteroatoms. The predicted molar refractivity (Wildman–Crippen MR) is 82.7 cm³/mol. The molecule has 2 N–H and O–H groups in total. The largest absolute Gasteiger partial charge is 0.452 e. The van der Waals surface area contributed by atoms with Gasteiger partial charge in [-0.3, -0.25) is 4.79 Å². The van der Waals surface area contributed by atoms with E-state index in [-0.39, 0.29) is 17.2 Å². The maximum Gasteiger partial charge on any atom is 0.338 e. The van der Waals surface area contributed by atoms with Crippen LogP contribution in [0.3, 0.4) is 0 Å². The van der Waals surface area contributed by atoms with Crippen LogP contribution in [-0.4, -0.2) is 23.6 Å². The third kappa shape index (κ3) is 4.77. The number of aliphatic hydroxyl groups is 1. The second-order valence-electron chi connectivity index (χ2n) is 4.61. The number of carbonyl (C=O) groups is 2. The fourth-order valence-corrected chi connectivity index (χ4v) is 1.91. The predicted octanol–water partition coefficient (Wildman–Crippen LogP) is 2.77. The van der Waals surface area contributed by atoms with Gasteiger partial charge in [0, 0.05) is 5.69 Å². The van der Waals surface area contributed by atoms with Crippen molar-refractivity contribution in [1.82, 2.24) is 0 Å². The van der Waals surface area contributed by atoms with E-state index in [0.717, 1.165) is 6.07 Å². The molecule has 1 amide bonds. The molecule has 0 atom stereocenters. The van der Waals surface area contributed by atoms with Crippen molar-refractivity contribution >= 4 is 29.2 Å². The number of hydrogen-bond donors (Lipinski definition) is 2. The second kappa shape index (κ2) is 7.71. The SMILES string of the molecule is O=C(COC(=O)c1ccc(CO)cc1)Nc1ccc(F)c(Cl)c1. The molecule has 2 aromatic carbocycles. The monoisotopic (exact) mass is 337 g/mol. The topological polar surface area (TPSA) is 75.6 Å². The van der Waals surface area contributed by atoms with Gasteiger partial charge in [0.05, 0.1) is 17.2 Å². The van der Waals surface area contributed by atoms with Crippen LogP contribution in [0, 0.1) is 5.82 Å². The first-order valence-electron chi connectivity index (χ1n) is 6.61. The normalized spacial score (nSPS) is 10.2. The maximum atomic E-state index is 13.0. The number of nitrogens with one attached hydrogen (secondary N) is 1. The van der Waals surface area contributed by atoms with Gasteiger partial charge in [-0.15, -0.1) is 0 Å². The molecule has 0 aromatic heterocycles. The van der Waals surface area contributed by atoms with Crippen LogP contribution in [0.4, 0.5) is 10.1 Å². The van der Waals surface area contributed by atoms with Crippen molar-refractivity contribution in [3.05, 3.63) is 64.4 Å². The highest BCUT2D eigenvalue weighted by Gasteiger charge is 2.11. The van der Waals surface area contributed by atoms with Crippen molar-refractivity contribution in [3.8, 4) is 0 Å². The summed E-state index contributed by atoms with van der Waals surface area (Å²) in [5.41, 5.74) is 1.22. The molecule has 0 saturated carbocycles. The van der Waals surface area contributed by atoms with Gasteiger partial charge in [-0.05, 0) is 35.9 Å². The first kappa shape index (κ1) is 16.9. The molecule has 0 aliphatic carbocycles. The number of esters is 1. The summed E-state index contributed by atoms with van der Waals surface area (Å²) in [5, 5.41) is 11.2. The highest BCUT2D eigenvalue weighted by Crippen LogP contribution is 2.19. The molecular formula is C16H13ClFNO4. The first-order valence-corrected chi connectivity index (χ1v) is 6.99. The number of halogens is 2. The summed E-state index contributed by atoms with van der Waals surface area (Å²) in [6.07, 6.45) is 0. The minimum atomic E-state index is -0.665. The van der Waals surface area contributed by atoms with Crippen molar-refractivity contribution in [2.75, 3.05) is 11.9 Å². The Balaban J connectivity index is 1.87. The lowest BCUT2D eigenvalue weighted by Gasteiger charge is -2.07. The number of benzene rings is 2. The lowest BCUT2D eigenvalue weighted by atomic mass is 10.1. The van der Waals surface area contributed by atoms with Gasteiger partial charge < -0.3 is 15.2 Å². The standard InChI is InChI=1S/C16H13ClFNO4/c17-13-7-12(5-6-14(13)18)19-15(21)9-23-16(22)11-3-1-10(8-20)2-4-11/h1-7,20H,8-9H2,(H,19,21). The van der Waals surface area contributed by atoms with Crippen LogP contribution < -0.4 is 5.32 Å². The van der Waals surface area contributed by atoms with Crippen LogP contribution in [-0.2, 0) is 16.1 Å². The second-order valence-corrected chi connectivity index (χ2v) is 5.02. The zero-order chi connectivity index (χ0) is 16.8. The molecule has 0 radical (unpaired) electrons. The molecular weight excluding hydrogens is 325 g/mol. The number of ether oxygens (including phenoxy) is 1. The summed E-state index contributed by atoms with van der Waals surface area (Å²) >= 11 is 5.60. The Morgan fingerprint density at radius 3 is 2.48 bits per heavy atom. The number of rotatable bonds is 5. The summed E-state index contributed by atoms with van der Waals surface area (Å²) < 4.78 is 17.9. The van der Waals surface area contributed by atoms with Crippen molar-refractivity contribution in [3.63, 3.8) is 0 Å². The minimum Gasteiger partial charge on any atom is -0.452 e. The molecule has 0 aliphatic heterocycles. The molecule has 120 valence electrons. The lowest BCUT2D eigenvalue weighted by Crippen LogP contribution is -2.21. The Kier molecular flexibility index (Phi) is 5.67. The van der Waals surface area contributed by atoms with E-state index in [1.165, 1.54) is 24.3 Å². The van der Waals surface area contributed by atoms with E-state index in [1.807, 2.05) is 0 Å². The van der Waals surface area contributed by atoms with Crippen LogP contribution in [0.2, 0.25) is 5.02 Å². The number of amides is 1. The van der Waals surface area contributed by atoms with E-state index in [9.17, 15) is 14.0 Å². The third-order valence-corrected chi connectivity index (χ3v) is 3.20. The fraction of sp³-hybridized carbons (Fsp3) is 0.125. The first-order chi connectivity index (χ1) is 11.0. The molecule has 23 heavy (non-hydrogen) atoms. The van der Waals surface area contributed by atoms with Crippen molar-refractivity contribution in [2.24, 2.45) is 0 Å². The molecule has 0 bridgehead atoms. The van der Waals surface area contributed by atoms with E-state index in [2.05, 4.69) is 5.32 Å². The summed E-state index contributed by atoms with van der Waals surface area (Å²) in [6.45, 7) is -0.618. The van der Waals surface area contributed by atoms with Gasteiger partial charge in [-0.2, -0.15) is 0 Å². The van der Waals surface area contributed by atoms with Crippen molar-refractivity contribution < 1.29 is 23.8 Å². The number of hydrogen-bond acceptors (Lipinski definition) is 4. The lowest BCUT2D eigenvalue weighted by molar-refractivity contribution is -0.119. The Labute approximate surface area is 136 Å². The van der Waals surface area contributed by atoms with E-state index in [1.54, 1.807) is 12.1 Å². The van der Waals surface area contributed by atoms with E-state index in [4.69, 9.17) is 21.4 Å². The average Bonchev–Trinajstić information content (AvgIpc) is 2.56. The molecule has 0 heterocycles. The smallest absolute Gasteiger partial charge is 0.338 e. The highest BCUT2D eigenvalue weighted by molar-refractivity contribution is 6.31. The molecule has 0 fully saturated rings. The summed E-state index contributed by atoms with van der Waals surface area (Å²) in [4.78, 5) is 23.5. The Morgan fingerprint density at radius 1 is 1.17 bits per heavy atom. The highest BCUT2D eigenvalue weighted by atomic mass is 35.5. The van der Waals surface area contributed by atoms with Crippen LogP contribution in [0.15, 0.2) is 42.5 Å². The van der Waals surface area contributed by atoms with Crippen molar-refractivity contribution in [2.45, 2.75) is 6.61 Å². The molecule has 0 aliphatic rings. The molecule has 2 aromatic rings. The van der Waals surface area contributed by atoms with Gasteiger partial charge in [0.1, 0.15) is 5.82 Å². The third-order valence-electron chi connectivity index (χ3n) is 2.91. The molecule has 0 unspecified atom stereocenters. The van der Waals surface area contributed by atoms with Gasteiger partial charge >= 0.3 is 5.97 Å². The van der Waals surface area contributed by atoms with Gasteiger partial charge in [0.25, 0.3) is 5.91 Å². The van der Waals surface area contributed by atoms with Gasteiger partial charge in [0.15, 0.2) is 6.61 Å². The summed E-state index contributed by atoms with van der Waals surface area (Å²) in [7, 11) is 0. The minimum absolute atomic E-state index is 0.122. The molecule has 0 saturated heterocycles. The Morgan fingerprint density at radius 2 is 1.87 bits per heavy atom. The molecule has 2 rings (SSSR count). The van der Waals surface area contributed by atoms with Crippen LogP contribution >= 0.6 is 11.6 Å². The quantitative estimate of drug-likeness (QED) is 0.823.